The molecule has 0 spiro atoms. The number of halogens is 1. The Kier molecular flexibility index (Phi) is 5.38. The van der Waals surface area contributed by atoms with Gasteiger partial charge in [0.1, 0.15) is 5.82 Å². The Morgan fingerprint density at radius 2 is 2.30 bits per heavy atom. The SMILES string of the molecule is CCCNC(C)c1cc(F)ccc1N1CCC(CO)C1. The molecule has 1 aliphatic heterocycles. The first-order valence-corrected chi connectivity index (χ1v) is 7.54. The molecule has 112 valence electrons. The number of nitrogens with one attached hydrogen (secondary N) is 1. The molecular weight excluding hydrogens is 255 g/mol. The summed E-state index contributed by atoms with van der Waals surface area (Å²) < 4.78 is 13.6. The van der Waals surface area contributed by atoms with Crippen molar-refractivity contribution in [3.05, 3.63) is 29.6 Å². The quantitative estimate of drug-likeness (QED) is 0.841. The molecule has 0 aliphatic carbocycles. The largest absolute Gasteiger partial charge is 0.396 e. The standard InChI is InChI=1S/C16H25FN2O/c1-3-7-18-12(2)15-9-14(17)4-5-16(15)19-8-6-13(10-19)11-20/h4-5,9,12-13,18,20H,3,6-8,10-11H2,1-2H3. The van der Waals surface area contributed by atoms with Crippen molar-refractivity contribution in [3.8, 4) is 0 Å². The molecule has 1 heterocycles. The summed E-state index contributed by atoms with van der Waals surface area (Å²) in [4.78, 5) is 2.26. The van der Waals surface area contributed by atoms with Crippen molar-refractivity contribution in [3.63, 3.8) is 0 Å². The number of rotatable bonds is 6. The summed E-state index contributed by atoms with van der Waals surface area (Å²) in [5.41, 5.74) is 2.11. The van der Waals surface area contributed by atoms with Crippen molar-refractivity contribution >= 4 is 5.69 Å². The molecule has 0 saturated carbocycles. The van der Waals surface area contributed by atoms with Gasteiger partial charge in [-0.15, -0.1) is 0 Å². The van der Waals surface area contributed by atoms with Crippen molar-refractivity contribution in [1.82, 2.24) is 5.32 Å². The average Bonchev–Trinajstić information content (AvgIpc) is 2.93. The number of hydrogen-bond acceptors (Lipinski definition) is 3. The van der Waals surface area contributed by atoms with E-state index in [1.54, 1.807) is 6.07 Å². The van der Waals surface area contributed by atoms with Gasteiger partial charge in [0.25, 0.3) is 0 Å². The zero-order valence-corrected chi connectivity index (χ0v) is 12.4. The highest BCUT2D eigenvalue weighted by Gasteiger charge is 2.25. The zero-order valence-electron chi connectivity index (χ0n) is 12.4. The molecule has 2 unspecified atom stereocenters. The van der Waals surface area contributed by atoms with E-state index in [2.05, 4.69) is 24.1 Å². The molecule has 4 heteroatoms. The molecule has 0 bridgehead atoms. The van der Waals surface area contributed by atoms with E-state index < -0.39 is 0 Å². The molecule has 1 aromatic rings. The fraction of sp³-hybridized carbons (Fsp3) is 0.625. The molecule has 0 aromatic heterocycles. The Balaban J connectivity index is 2.19. The molecule has 1 fully saturated rings. The number of aliphatic hydroxyl groups excluding tert-OH is 1. The maximum absolute atomic E-state index is 13.6. The Bertz CT molecular complexity index is 438. The topological polar surface area (TPSA) is 35.5 Å². The monoisotopic (exact) mass is 280 g/mol. The summed E-state index contributed by atoms with van der Waals surface area (Å²) in [7, 11) is 0. The lowest BCUT2D eigenvalue weighted by atomic mass is 10.0. The van der Waals surface area contributed by atoms with Gasteiger partial charge in [0.15, 0.2) is 0 Å². The molecular formula is C16H25FN2O. The highest BCUT2D eigenvalue weighted by molar-refractivity contribution is 5.56. The van der Waals surface area contributed by atoms with Crippen LogP contribution in [-0.4, -0.2) is 31.3 Å². The maximum Gasteiger partial charge on any atom is 0.123 e. The highest BCUT2D eigenvalue weighted by Crippen LogP contribution is 2.31. The van der Waals surface area contributed by atoms with Gasteiger partial charge in [-0.05, 0) is 50.1 Å². The zero-order chi connectivity index (χ0) is 14.5. The van der Waals surface area contributed by atoms with Gasteiger partial charge in [-0.3, -0.25) is 0 Å². The minimum atomic E-state index is -0.188. The summed E-state index contributed by atoms with van der Waals surface area (Å²) >= 11 is 0. The minimum absolute atomic E-state index is 0.133. The van der Waals surface area contributed by atoms with Crippen LogP contribution in [-0.2, 0) is 0 Å². The van der Waals surface area contributed by atoms with E-state index in [4.69, 9.17) is 0 Å². The summed E-state index contributed by atoms with van der Waals surface area (Å²) in [5.74, 6) is 0.151. The third-order valence-corrected chi connectivity index (χ3v) is 4.04. The first-order chi connectivity index (χ1) is 9.65. The second-order valence-corrected chi connectivity index (χ2v) is 5.66. The van der Waals surface area contributed by atoms with Crippen molar-refractivity contribution < 1.29 is 9.50 Å². The van der Waals surface area contributed by atoms with Crippen LogP contribution in [0, 0.1) is 11.7 Å². The summed E-state index contributed by atoms with van der Waals surface area (Å²) in [5, 5.41) is 12.7. The molecule has 2 N–H and O–H groups in total. The van der Waals surface area contributed by atoms with Crippen LogP contribution in [0.2, 0.25) is 0 Å². The molecule has 1 aromatic carbocycles. The van der Waals surface area contributed by atoms with Gasteiger partial charge in [-0.25, -0.2) is 4.39 Å². The van der Waals surface area contributed by atoms with Gasteiger partial charge in [0.05, 0.1) is 0 Å². The number of nitrogens with zero attached hydrogens (tertiary/aromatic N) is 1. The number of aliphatic hydroxyl groups is 1. The van der Waals surface area contributed by atoms with Crippen LogP contribution in [0.25, 0.3) is 0 Å². The lowest BCUT2D eigenvalue weighted by Gasteiger charge is -2.25. The van der Waals surface area contributed by atoms with Gasteiger partial charge in [-0.1, -0.05) is 6.92 Å². The third kappa shape index (κ3) is 3.49. The van der Waals surface area contributed by atoms with Crippen LogP contribution < -0.4 is 10.2 Å². The minimum Gasteiger partial charge on any atom is -0.396 e. The van der Waals surface area contributed by atoms with Gasteiger partial charge in [0.2, 0.25) is 0 Å². The third-order valence-electron chi connectivity index (χ3n) is 4.04. The van der Waals surface area contributed by atoms with Crippen LogP contribution in [0.5, 0.6) is 0 Å². The van der Waals surface area contributed by atoms with Gasteiger partial charge < -0.3 is 15.3 Å². The maximum atomic E-state index is 13.6. The predicted octanol–water partition coefficient (Wildman–Crippen LogP) is 2.70. The Morgan fingerprint density at radius 1 is 1.50 bits per heavy atom. The molecule has 0 amide bonds. The van der Waals surface area contributed by atoms with Crippen LogP contribution >= 0.6 is 0 Å². The first kappa shape index (κ1) is 15.3. The van der Waals surface area contributed by atoms with E-state index in [0.29, 0.717) is 5.92 Å². The van der Waals surface area contributed by atoms with Crippen LogP contribution in [0.3, 0.4) is 0 Å². The van der Waals surface area contributed by atoms with Gasteiger partial charge >= 0.3 is 0 Å². The molecule has 2 atom stereocenters. The van der Waals surface area contributed by atoms with E-state index in [0.717, 1.165) is 43.7 Å². The van der Waals surface area contributed by atoms with Gasteiger partial charge in [-0.2, -0.15) is 0 Å². The van der Waals surface area contributed by atoms with E-state index in [9.17, 15) is 9.50 Å². The van der Waals surface area contributed by atoms with Crippen molar-refractivity contribution in [2.24, 2.45) is 5.92 Å². The van der Waals surface area contributed by atoms with Gasteiger partial charge in [0, 0.05) is 37.3 Å². The second-order valence-electron chi connectivity index (χ2n) is 5.66. The van der Waals surface area contributed by atoms with E-state index in [1.807, 2.05) is 6.07 Å². The van der Waals surface area contributed by atoms with Crippen LogP contribution in [0.15, 0.2) is 18.2 Å². The molecule has 20 heavy (non-hydrogen) atoms. The summed E-state index contributed by atoms with van der Waals surface area (Å²) in [6.07, 6.45) is 2.06. The Hall–Kier alpha value is -1.13. The average molecular weight is 280 g/mol. The molecule has 0 radical (unpaired) electrons. The summed E-state index contributed by atoms with van der Waals surface area (Å²) in [6.45, 7) is 7.15. The first-order valence-electron chi connectivity index (χ1n) is 7.54. The molecule has 1 aliphatic rings. The lowest BCUT2D eigenvalue weighted by Crippen LogP contribution is -2.26. The molecule has 1 saturated heterocycles. The van der Waals surface area contributed by atoms with Crippen molar-refractivity contribution in [2.45, 2.75) is 32.7 Å². The molecule has 2 rings (SSSR count). The summed E-state index contributed by atoms with van der Waals surface area (Å²) in [6, 6.07) is 5.16. The number of hydrogen-bond donors (Lipinski definition) is 2. The number of benzene rings is 1. The fourth-order valence-electron chi connectivity index (χ4n) is 2.83. The molecule has 3 nitrogen and oxygen atoms in total. The predicted molar refractivity (Wildman–Crippen MR) is 80.5 cm³/mol. The highest BCUT2D eigenvalue weighted by atomic mass is 19.1. The fourth-order valence-corrected chi connectivity index (χ4v) is 2.83. The smallest absolute Gasteiger partial charge is 0.123 e. The Morgan fingerprint density at radius 3 is 2.95 bits per heavy atom. The number of anilines is 1. The van der Waals surface area contributed by atoms with Crippen LogP contribution in [0.4, 0.5) is 10.1 Å². The van der Waals surface area contributed by atoms with E-state index in [1.165, 1.54) is 6.07 Å². The lowest BCUT2D eigenvalue weighted by molar-refractivity contribution is 0.238. The normalized spacial score (nSPS) is 20.4. The second kappa shape index (κ2) is 7.04. The van der Waals surface area contributed by atoms with Crippen molar-refractivity contribution in [1.29, 1.82) is 0 Å². The van der Waals surface area contributed by atoms with Crippen molar-refractivity contribution in [2.75, 3.05) is 31.1 Å². The van der Waals surface area contributed by atoms with E-state index >= 15 is 0 Å². The van der Waals surface area contributed by atoms with Crippen LogP contribution in [0.1, 0.15) is 38.3 Å². The Labute approximate surface area is 120 Å². The van der Waals surface area contributed by atoms with E-state index in [-0.39, 0.29) is 18.5 Å².